The fourth-order valence-electron chi connectivity index (χ4n) is 9.63. The van der Waals surface area contributed by atoms with Crippen LogP contribution in [-0.2, 0) is 28.6 Å². The normalized spacial score (nSPS) is 51.6. The van der Waals surface area contributed by atoms with Crippen LogP contribution in [0.1, 0.15) is 65.2 Å². The first-order valence-corrected chi connectivity index (χ1v) is 13.1. The van der Waals surface area contributed by atoms with Crippen molar-refractivity contribution in [1.29, 1.82) is 0 Å². The molecule has 0 amide bonds. The number of ketones is 1. The Bertz CT molecular complexity index is 965. The molecule has 1 aliphatic heterocycles. The number of fused-ring (bicyclic) bond motifs is 3. The molecule has 9 nitrogen and oxygen atoms in total. The van der Waals surface area contributed by atoms with Gasteiger partial charge in [0.2, 0.25) is 0 Å². The first-order chi connectivity index (χ1) is 17.0. The van der Waals surface area contributed by atoms with E-state index in [1.807, 2.05) is 0 Å². The van der Waals surface area contributed by atoms with Crippen LogP contribution in [0, 0.1) is 34.5 Å². The Hall–Kier alpha value is -1.81. The molecule has 5 fully saturated rings. The Morgan fingerprint density at radius 1 is 1.08 bits per heavy atom. The van der Waals surface area contributed by atoms with Crippen molar-refractivity contribution in [2.75, 3.05) is 7.11 Å². The van der Waals surface area contributed by atoms with Crippen molar-refractivity contribution in [1.82, 2.24) is 0 Å². The van der Waals surface area contributed by atoms with Crippen LogP contribution < -0.4 is 0 Å². The van der Waals surface area contributed by atoms with E-state index in [4.69, 9.17) is 14.2 Å². The van der Waals surface area contributed by atoms with Gasteiger partial charge in [-0.1, -0.05) is 6.92 Å². The number of aliphatic hydroxyl groups is 3. The van der Waals surface area contributed by atoms with Crippen molar-refractivity contribution >= 4 is 18.0 Å². The van der Waals surface area contributed by atoms with Crippen LogP contribution in [-0.4, -0.2) is 70.2 Å². The predicted octanol–water partition coefficient (Wildman–Crippen LogP) is 2.22. The van der Waals surface area contributed by atoms with Gasteiger partial charge in [0, 0.05) is 38.4 Å². The topological polar surface area (TPSA) is 140 Å². The lowest BCUT2D eigenvalue weighted by Gasteiger charge is -2.68. The van der Waals surface area contributed by atoms with Gasteiger partial charge in [0.1, 0.15) is 12.4 Å². The lowest BCUT2D eigenvalue weighted by molar-refractivity contribution is -0.343. The van der Waals surface area contributed by atoms with Gasteiger partial charge in [-0.3, -0.25) is 9.59 Å². The van der Waals surface area contributed by atoms with Crippen LogP contribution in [0.5, 0.6) is 0 Å². The molecule has 0 aromatic rings. The molecular weight excluding hydrogens is 468 g/mol. The van der Waals surface area contributed by atoms with Gasteiger partial charge in [-0.25, -0.2) is 0 Å². The summed E-state index contributed by atoms with van der Waals surface area (Å²) in [6.07, 6.45) is 3.86. The van der Waals surface area contributed by atoms with Crippen molar-refractivity contribution in [2.45, 2.75) is 94.9 Å². The summed E-state index contributed by atoms with van der Waals surface area (Å²) in [4.78, 5) is 38.1. The number of rotatable bonds is 5. The summed E-state index contributed by atoms with van der Waals surface area (Å²) in [7, 11) is 1.51. The third kappa shape index (κ3) is 3.12. The Balaban J connectivity index is 1.59. The van der Waals surface area contributed by atoms with Crippen LogP contribution in [0.15, 0.2) is 12.3 Å². The molecule has 0 aromatic heterocycles. The first kappa shape index (κ1) is 25.8. The minimum Gasteiger partial charge on any atom is -0.515 e. The third-order valence-corrected chi connectivity index (χ3v) is 10.9. The maximum absolute atomic E-state index is 13.1. The fourth-order valence-corrected chi connectivity index (χ4v) is 9.63. The largest absolute Gasteiger partial charge is 0.515 e. The number of esters is 1. The molecule has 4 aliphatic carbocycles. The van der Waals surface area contributed by atoms with Gasteiger partial charge in [-0.2, -0.15) is 0 Å². The zero-order valence-electron chi connectivity index (χ0n) is 21.2. The lowest BCUT2D eigenvalue weighted by Crippen LogP contribution is -2.74. The molecule has 36 heavy (non-hydrogen) atoms. The van der Waals surface area contributed by atoms with Crippen molar-refractivity contribution in [3.63, 3.8) is 0 Å². The molecule has 0 radical (unpaired) electrons. The molecule has 5 aliphatic rings. The molecule has 11 unspecified atom stereocenters. The predicted molar refractivity (Wildman–Crippen MR) is 125 cm³/mol. The molecule has 0 aromatic carbocycles. The van der Waals surface area contributed by atoms with Crippen LogP contribution in [0.3, 0.4) is 0 Å². The number of hydrogen-bond donors (Lipinski definition) is 3. The smallest absolute Gasteiger partial charge is 0.302 e. The number of hydrogen-bond acceptors (Lipinski definition) is 9. The van der Waals surface area contributed by atoms with Gasteiger partial charge in [0.25, 0.3) is 0 Å². The van der Waals surface area contributed by atoms with E-state index in [2.05, 4.69) is 6.92 Å². The SMILES string of the molecule is COC1OC23CCC(C1C(=O)C=CO)C2(C)CCC1C3CCC2(O)CC(O)CC(OC(C)=O)C12C=O. The fraction of sp³-hybridized carbons (Fsp3) is 0.815. The van der Waals surface area contributed by atoms with E-state index in [1.165, 1.54) is 20.1 Å². The van der Waals surface area contributed by atoms with E-state index < -0.39 is 47.0 Å². The summed E-state index contributed by atoms with van der Waals surface area (Å²) < 4.78 is 18.2. The Morgan fingerprint density at radius 2 is 1.78 bits per heavy atom. The number of allylic oxidation sites excluding steroid dienone is 1. The Morgan fingerprint density at radius 3 is 2.42 bits per heavy atom. The van der Waals surface area contributed by atoms with E-state index in [0.29, 0.717) is 25.7 Å². The summed E-state index contributed by atoms with van der Waals surface area (Å²) in [5.74, 6) is -1.79. The standard InChI is InChI=1S/C27H38O9/c1-15(30)35-21-12-16(31)13-25(33)9-5-18-17(26(21,25)14-29)4-8-24(2)19-6-10-27(18,24)36-23(34-3)22(19)20(32)7-11-28/h7,11,14,16-19,21-23,28,31,33H,4-6,8-10,12-13H2,1-3H3. The van der Waals surface area contributed by atoms with Gasteiger partial charge in [0.15, 0.2) is 12.1 Å². The molecule has 1 heterocycles. The van der Waals surface area contributed by atoms with Gasteiger partial charge in [-0.05, 0) is 56.3 Å². The first-order valence-electron chi connectivity index (χ1n) is 13.1. The molecule has 200 valence electrons. The van der Waals surface area contributed by atoms with Gasteiger partial charge in [-0.15, -0.1) is 0 Å². The van der Waals surface area contributed by atoms with E-state index in [-0.39, 0.29) is 48.2 Å². The van der Waals surface area contributed by atoms with E-state index >= 15 is 0 Å². The number of ether oxygens (including phenoxy) is 3. The summed E-state index contributed by atoms with van der Waals surface area (Å²) in [5.41, 5.74) is -3.88. The Labute approximate surface area is 211 Å². The summed E-state index contributed by atoms with van der Waals surface area (Å²) >= 11 is 0. The third-order valence-electron chi connectivity index (χ3n) is 10.9. The minimum absolute atomic E-state index is 0.0220. The highest BCUT2D eigenvalue weighted by Gasteiger charge is 2.77. The van der Waals surface area contributed by atoms with Gasteiger partial charge >= 0.3 is 5.97 Å². The second kappa shape index (κ2) is 8.61. The molecule has 3 N–H and O–H groups in total. The molecule has 4 saturated carbocycles. The number of methoxy groups -OCH3 is 1. The quantitative estimate of drug-likeness (QED) is 0.222. The van der Waals surface area contributed by atoms with E-state index in [0.717, 1.165) is 19.0 Å². The van der Waals surface area contributed by atoms with Crippen LogP contribution >= 0.6 is 0 Å². The lowest BCUT2D eigenvalue weighted by atomic mass is 9.40. The second-order valence-corrected chi connectivity index (χ2v) is 12.0. The van der Waals surface area contributed by atoms with Crippen LogP contribution in [0.25, 0.3) is 0 Å². The number of aldehydes is 1. The van der Waals surface area contributed by atoms with Crippen LogP contribution in [0.2, 0.25) is 0 Å². The number of carbonyl (C=O) groups is 3. The van der Waals surface area contributed by atoms with Crippen molar-refractivity contribution in [3.05, 3.63) is 12.3 Å². The van der Waals surface area contributed by atoms with E-state index in [9.17, 15) is 29.7 Å². The highest BCUT2D eigenvalue weighted by Crippen LogP contribution is 2.73. The molecule has 0 spiro atoms. The van der Waals surface area contributed by atoms with Gasteiger partial charge in [0.05, 0.1) is 34.9 Å². The minimum atomic E-state index is -1.49. The monoisotopic (exact) mass is 506 g/mol. The van der Waals surface area contributed by atoms with Gasteiger partial charge < -0.3 is 34.3 Å². The highest BCUT2D eigenvalue weighted by atomic mass is 16.7. The highest BCUT2D eigenvalue weighted by molar-refractivity contribution is 5.92. The average molecular weight is 507 g/mol. The molecular formula is C27H38O9. The van der Waals surface area contributed by atoms with E-state index in [1.54, 1.807) is 0 Å². The zero-order chi connectivity index (χ0) is 26.1. The molecule has 11 atom stereocenters. The second-order valence-electron chi connectivity index (χ2n) is 12.0. The maximum atomic E-state index is 13.1. The maximum Gasteiger partial charge on any atom is 0.302 e. The zero-order valence-corrected chi connectivity index (χ0v) is 21.2. The molecule has 2 bridgehead atoms. The van der Waals surface area contributed by atoms with Crippen molar-refractivity contribution < 1.29 is 43.9 Å². The van der Waals surface area contributed by atoms with Crippen LogP contribution in [0.4, 0.5) is 0 Å². The molecule has 5 rings (SSSR count). The number of carbonyl (C=O) groups excluding carboxylic acids is 3. The molecule has 1 saturated heterocycles. The Kier molecular flexibility index (Phi) is 6.18. The summed E-state index contributed by atoms with van der Waals surface area (Å²) in [6, 6.07) is 0. The summed E-state index contributed by atoms with van der Waals surface area (Å²) in [5, 5.41) is 31.7. The van der Waals surface area contributed by atoms with Crippen molar-refractivity contribution in [2.24, 2.45) is 34.5 Å². The number of aliphatic hydroxyl groups excluding tert-OH is 2. The van der Waals surface area contributed by atoms with Crippen molar-refractivity contribution in [3.8, 4) is 0 Å². The summed E-state index contributed by atoms with van der Waals surface area (Å²) in [6.45, 7) is 3.45. The average Bonchev–Trinajstić information content (AvgIpc) is 2.98. The molecule has 9 heteroatoms.